The number of rotatable bonds is 1. The van der Waals surface area contributed by atoms with Gasteiger partial charge in [-0.3, -0.25) is 5.73 Å². The molecule has 0 radical (unpaired) electrons. The Morgan fingerprint density at radius 1 is 1.71 bits per heavy atom. The van der Waals surface area contributed by atoms with Crippen molar-refractivity contribution in [1.29, 1.82) is 0 Å². The second-order valence-corrected chi connectivity index (χ2v) is 2.81. The van der Waals surface area contributed by atoms with E-state index in [1.807, 2.05) is 0 Å². The molecular weight excluding hydrogens is 202 g/mol. The largest absolute Gasteiger partial charge is 0.690 e. The molecule has 0 saturated heterocycles. The zero-order valence-electron chi connectivity index (χ0n) is 7.18. The number of nitrogens with two attached hydrogens (primary N) is 2. The van der Waals surface area contributed by atoms with E-state index in [9.17, 15) is 5.21 Å². The van der Waals surface area contributed by atoms with Crippen LogP contribution in [0.25, 0.3) is 0 Å². The zero-order valence-corrected chi connectivity index (χ0v) is 7.99. The van der Waals surface area contributed by atoms with Crippen LogP contribution in [-0.4, -0.2) is 9.97 Å². The summed E-state index contributed by atoms with van der Waals surface area (Å²) < 4.78 is 0. The van der Waals surface area contributed by atoms with E-state index in [0.717, 1.165) is 0 Å². The maximum Gasteiger partial charge on any atom is 0.366 e. The Morgan fingerprint density at radius 2 is 2.43 bits per heavy atom. The molecule has 1 heterocycles. The molecule has 0 aromatic heterocycles. The Balaban J connectivity index is 2.80. The van der Waals surface area contributed by atoms with Crippen molar-refractivity contribution >= 4 is 17.3 Å². The Kier molecular flexibility index (Phi) is 3.19. The molecule has 5 N–H and O–H groups in total. The highest BCUT2D eigenvalue weighted by Crippen LogP contribution is 2.04. The molecule has 0 bridgehead atoms. The summed E-state index contributed by atoms with van der Waals surface area (Å²) in [6.45, 7) is 0. The molecule has 74 valence electrons. The van der Waals surface area contributed by atoms with Gasteiger partial charge in [-0.25, -0.2) is 0 Å². The zero-order chi connectivity index (χ0) is 10.6. The quantitative estimate of drug-likeness (QED) is 0.245. The van der Waals surface area contributed by atoms with Crippen LogP contribution in [0.4, 0.5) is 0 Å². The van der Waals surface area contributed by atoms with Gasteiger partial charge in [0.2, 0.25) is 0 Å². The predicted molar refractivity (Wildman–Crippen MR) is 55.5 cm³/mol. The number of hydrogen-bond donors (Lipinski definition) is 3. The average molecular weight is 211 g/mol. The second kappa shape index (κ2) is 4.38. The number of azo groups is 1. The summed E-state index contributed by atoms with van der Waals surface area (Å²) in [5.41, 5.74) is 11.6. The fourth-order valence-corrected chi connectivity index (χ4v) is 0.789. The first-order chi connectivity index (χ1) is 6.61. The fraction of sp³-hybridized carbons (Fsp3) is 0. The summed E-state index contributed by atoms with van der Waals surface area (Å²) in [4.78, 5) is 0.135. The molecule has 6 nitrogen and oxygen atoms in total. The standard InChI is InChI=1S/C7H9N5OS/c8-5-2-1-3-10-6(5)4-11-12(13)7(9)14/h1-4,10H,8H2,(H2,9,14). The van der Waals surface area contributed by atoms with Crippen molar-refractivity contribution in [3.63, 3.8) is 0 Å². The SMILES string of the molecule is NC(=S)[N+]([O-])=NC=C1NC=CC=C1N. The third-order valence-corrected chi connectivity index (χ3v) is 1.56. The van der Waals surface area contributed by atoms with Gasteiger partial charge in [0.1, 0.15) is 0 Å². The van der Waals surface area contributed by atoms with Crippen molar-refractivity contribution in [2.45, 2.75) is 0 Å². The maximum atomic E-state index is 10.8. The number of nitrogens with one attached hydrogen (secondary N) is 1. The second-order valence-electron chi connectivity index (χ2n) is 2.39. The monoisotopic (exact) mass is 211 g/mol. The normalized spacial score (nSPS) is 19.0. The molecule has 7 heteroatoms. The van der Waals surface area contributed by atoms with Crippen LogP contribution < -0.4 is 16.8 Å². The Bertz CT molecular complexity index is 368. The Labute approximate surface area is 85.8 Å². The Hall–Kier alpha value is -1.89. The molecule has 1 aliphatic rings. The van der Waals surface area contributed by atoms with Gasteiger partial charge >= 0.3 is 5.11 Å². The molecule has 0 aromatic carbocycles. The maximum absolute atomic E-state index is 10.8. The topological polar surface area (TPSA) is 102 Å². The summed E-state index contributed by atoms with van der Waals surface area (Å²) in [6.07, 6.45) is 6.32. The third kappa shape index (κ3) is 2.56. The fourth-order valence-electron chi connectivity index (χ4n) is 0.742. The van der Waals surface area contributed by atoms with E-state index in [2.05, 4.69) is 22.6 Å². The van der Waals surface area contributed by atoms with Crippen LogP contribution in [0.1, 0.15) is 0 Å². The van der Waals surface area contributed by atoms with Crippen LogP contribution in [0.15, 0.2) is 41.1 Å². The highest BCUT2D eigenvalue weighted by atomic mass is 32.1. The molecule has 1 rings (SSSR count). The van der Waals surface area contributed by atoms with E-state index in [4.69, 9.17) is 11.5 Å². The van der Waals surface area contributed by atoms with Crippen LogP contribution >= 0.6 is 12.2 Å². The predicted octanol–water partition coefficient (Wildman–Crippen LogP) is -0.00660. The van der Waals surface area contributed by atoms with E-state index >= 15 is 0 Å². The summed E-state index contributed by atoms with van der Waals surface area (Å²) in [5.74, 6) is 0. The minimum absolute atomic E-state index is 0.135. The molecule has 1 aliphatic heterocycles. The third-order valence-electron chi connectivity index (χ3n) is 1.40. The van der Waals surface area contributed by atoms with Crippen LogP contribution in [0.3, 0.4) is 0 Å². The van der Waals surface area contributed by atoms with Gasteiger partial charge in [0, 0.05) is 18.4 Å². The van der Waals surface area contributed by atoms with Crippen molar-refractivity contribution < 1.29 is 4.86 Å². The van der Waals surface area contributed by atoms with Gasteiger partial charge in [-0.15, -0.1) is 4.86 Å². The summed E-state index contributed by atoms with van der Waals surface area (Å²) in [6, 6.07) is 0. The van der Waals surface area contributed by atoms with Crippen molar-refractivity contribution in [2.75, 3.05) is 0 Å². The van der Waals surface area contributed by atoms with Gasteiger partial charge in [-0.05, 0) is 12.2 Å². The minimum atomic E-state index is -0.351. The van der Waals surface area contributed by atoms with Crippen LogP contribution in [-0.2, 0) is 0 Å². The van der Waals surface area contributed by atoms with Crippen molar-refractivity contribution in [1.82, 2.24) is 5.32 Å². The van der Waals surface area contributed by atoms with E-state index in [1.165, 1.54) is 6.20 Å². The van der Waals surface area contributed by atoms with Gasteiger partial charge in [0.05, 0.1) is 17.6 Å². The lowest BCUT2D eigenvalue weighted by atomic mass is 10.3. The molecule has 14 heavy (non-hydrogen) atoms. The van der Waals surface area contributed by atoms with Crippen molar-refractivity contribution in [3.8, 4) is 0 Å². The summed E-state index contributed by atoms with van der Waals surface area (Å²) in [7, 11) is 0. The van der Waals surface area contributed by atoms with E-state index in [0.29, 0.717) is 11.4 Å². The molecule has 0 unspecified atom stereocenters. The molecule has 0 atom stereocenters. The molecule has 0 spiro atoms. The van der Waals surface area contributed by atoms with Gasteiger partial charge < -0.3 is 16.3 Å². The van der Waals surface area contributed by atoms with Crippen LogP contribution in [0.5, 0.6) is 0 Å². The van der Waals surface area contributed by atoms with Gasteiger partial charge in [0.25, 0.3) is 0 Å². The van der Waals surface area contributed by atoms with Crippen LogP contribution in [0, 0.1) is 5.21 Å². The first-order valence-corrected chi connectivity index (χ1v) is 4.09. The number of thiocarbonyl (C=S) groups is 1. The van der Waals surface area contributed by atoms with E-state index < -0.39 is 0 Å². The molecule has 0 saturated carbocycles. The number of nitrogens with zero attached hydrogens (tertiary/aromatic N) is 2. The minimum Gasteiger partial charge on any atom is -0.690 e. The van der Waals surface area contributed by atoms with E-state index in [-0.39, 0.29) is 9.97 Å². The number of hydrogen-bond acceptors (Lipinski definition) is 5. The lowest BCUT2D eigenvalue weighted by Gasteiger charge is -2.09. The summed E-state index contributed by atoms with van der Waals surface area (Å²) >= 11 is 4.40. The molecule has 0 aliphatic carbocycles. The first kappa shape index (κ1) is 10.2. The van der Waals surface area contributed by atoms with Gasteiger partial charge in [-0.2, -0.15) is 0 Å². The number of hydroxylamine groups is 1. The number of dihydropyridines is 1. The molecule has 0 aromatic rings. The van der Waals surface area contributed by atoms with Gasteiger partial charge in [0.15, 0.2) is 0 Å². The van der Waals surface area contributed by atoms with E-state index in [1.54, 1.807) is 18.4 Å². The lowest BCUT2D eigenvalue weighted by Crippen LogP contribution is -2.20. The van der Waals surface area contributed by atoms with Crippen molar-refractivity contribution in [2.24, 2.45) is 16.6 Å². The summed E-state index contributed by atoms with van der Waals surface area (Å²) in [5, 5.41) is 16.7. The first-order valence-electron chi connectivity index (χ1n) is 3.68. The number of allylic oxidation sites excluding steroid dienone is 2. The molecular formula is C7H9N5OS. The van der Waals surface area contributed by atoms with Gasteiger partial charge in [-0.1, -0.05) is 5.11 Å². The molecule has 0 fully saturated rings. The van der Waals surface area contributed by atoms with Crippen LogP contribution in [0.2, 0.25) is 0 Å². The highest BCUT2D eigenvalue weighted by molar-refractivity contribution is 7.79. The Morgan fingerprint density at radius 3 is 3.00 bits per heavy atom. The highest BCUT2D eigenvalue weighted by Gasteiger charge is 2.01. The lowest BCUT2D eigenvalue weighted by molar-refractivity contribution is -0.401. The molecule has 0 amide bonds. The van der Waals surface area contributed by atoms with Crippen molar-refractivity contribution in [3.05, 3.63) is 41.2 Å². The smallest absolute Gasteiger partial charge is 0.366 e. The average Bonchev–Trinajstić information content (AvgIpc) is 2.16.